The van der Waals surface area contributed by atoms with Crippen LogP contribution in [0, 0.1) is 6.92 Å². The van der Waals surface area contributed by atoms with Gasteiger partial charge in [0.2, 0.25) is 0 Å². The summed E-state index contributed by atoms with van der Waals surface area (Å²) in [4.78, 5) is 15.6. The SMILES string of the molecule is Cc1cc(NC(=O)c2csnn2)ncc1N. The molecule has 0 spiro atoms. The van der Waals surface area contributed by atoms with Crippen LogP contribution in [-0.4, -0.2) is 20.5 Å². The first-order valence-corrected chi connectivity index (χ1v) is 5.31. The largest absolute Gasteiger partial charge is 0.397 e. The minimum Gasteiger partial charge on any atom is -0.397 e. The van der Waals surface area contributed by atoms with Crippen LogP contribution in [0.15, 0.2) is 17.6 Å². The van der Waals surface area contributed by atoms with Crippen molar-refractivity contribution >= 4 is 28.9 Å². The first-order valence-electron chi connectivity index (χ1n) is 4.47. The van der Waals surface area contributed by atoms with Crippen LogP contribution in [0.2, 0.25) is 0 Å². The van der Waals surface area contributed by atoms with Gasteiger partial charge in [0.1, 0.15) is 5.82 Å². The van der Waals surface area contributed by atoms with Gasteiger partial charge in [0, 0.05) is 5.38 Å². The zero-order valence-corrected chi connectivity index (χ0v) is 9.28. The minimum absolute atomic E-state index is 0.279. The van der Waals surface area contributed by atoms with E-state index in [0.717, 1.165) is 17.1 Å². The Bertz CT molecular complexity index is 511. The van der Waals surface area contributed by atoms with Crippen LogP contribution in [0.1, 0.15) is 16.1 Å². The predicted octanol–water partition coefficient (Wildman–Crippen LogP) is 1.08. The third-order valence-electron chi connectivity index (χ3n) is 1.99. The van der Waals surface area contributed by atoms with Gasteiger partial charge in [-0.1, -0.05) is 4.49 Å². The molecule has 0 radical (unpaired) electrons. The number of aromatic nitrogens is 3. The zero-order valence-electron chi connectivity index (χ0n) is 8.47. The van der Waals surface area contributed by atoms with Crippen molar-refractivity contribution in [1.82, 2.24) is 14.6 Å². The number of hydrogen-bond donors (Lipinski definition) is 2. The summed E-state index contributed by atoms with van der Waals surface area (Å²) in [7, 11) is 0. The summed E-state index contributed by atoms with van der Waals surface area (Å²) in [5.41, 5.74) is 7.35. The summed E-state index contributed by atoms with van der Waals surface area (Å²) in [5, 5.41) is 7.84. The Morgan fingerprint density at radius 1 is 1.56 bits per heavy atom. The average Bonchev–Trinajstić information content (AvgIpc) is 2.77. The van der Waals surface area contributed by atoms with Crippen LogP contribution in [0.25, 0.3) is 0 Å². The van der Waals surface area contributed by atoms with Gasteiger partial charge < -0.3 is 11.1 Å². The first-order chi connectivity index (χ1) is 7.66. The average molecular weight is 235 g/mol. The van der Waals surface area contributed by atoms with Crippen molar-refractivity contribution in [1.29, 1.82) is 0 Å². The van der Waals surface area contributed by atoms with E-state index in [1.165, 1.54) is 6.20 Å². The molecular formula is C9H9N5OS. The molecule has 0 unspecified atom stereocenters. The van der Waals surface area contributed by atoms with Crippen molar-refractivity contribution in [2.75, 3.05) is 11.1 Å². The van der Waals surface area contributed by atoms with Crippen molar-refractivity contribution in [2.45, 2.75) is 6.92 Å². The van der Waals surface area contributed by atoms with Crippen molar-refractivity contribution in [3.63, 3.8) is 0 Å². The van der Waals surface area contributed by atoms with Gasteiger partial charge in [-0.2, -0.15) is 0 Å². The molecule has 0 aliphatic carbocycles. The molecule has 2 aromatic rings. The molecule has 2 rings (SSSR count). The summed E-state index contributed by atoms with van der Waals surface area (Å²) in [5.74, 6) is 0.120. The van der Waals surface area contributed by atoms with Crippen molar-refractivity contribution in [3.8, 4) is 0 Å². The number of hydrogen-bond acceptors (Lipinski definition) is 6. The van der Waals surface area contributed by atoms with E-state index < -0.39 is 0 Å². The quantitative estimate of drug-likeness (QED) is 0.812. The van der Waals surface area contributed by atoms with E-state index in [9.17, 15) is 4.79 Å². The van der Waals surface area contributed by atoms with Crippen LogP contribution >= 0.6 is 11.5 Å². The lowest BCUT2D eigenvalue weighted by Crippen LogP contribution is -2.13. The zero-order chi connectivity index (χ0) is 11.5. The number of carbonyl (C=O) groups excluding carboxylic acids is 1. The number of anilines is 2. The van der Waals surface area contributed by atoms with Gasteiger partial charge in [0.25, 0.3) is 5.91 Å². The molecule has 0 fully saturated rings. The maximum Gasteiger partial charge on any atom is 0.278 e. The Morgan fingerprint density at radius 3 is 3.00 bits per heavy atom. The van der Waals surface area contributed by atoms with Gasteiger partial charge in [-0.15, -0.1) is 5.10 Å². The molecule has 0 aliphatic heterocycles. The van der Waals surface area contributed by atoms with E-state index in [0.29, 0.717) is 11.5 Å². The van der Waals surface area contributed by atoms with E-state index in [-0.39, 0.29) is 11.6 Å². The molecule has 0 aromatic carbocycles. The second-order valence-corrected chi connectivity index (χ2v) is 3.78. The van der Waals surface area contributed by atoms with Crippen LogP contribution in [0.5, 0.6) is 0 Å². The Kier molecular flexibility index (Phi) is 2.78. The Balaban J connectivity index is 2.15. The number of carbonyl (C=O) groups is 1. The maximum atomic E-state index is 11.6. The standard InChI is InChI=1S/C9H9N5OS/c1-5-2-8(11-3-6(5)10)12-9(15)7-4-16-14-13-7/h2-4H,10H2,1H3,(H,11,12,15). The topological polar surface area (TPSA) is 93.8 Å². The van der Waals surface area contributed by atoms with Crippen molar-refractivity contribution < 1.29 is 4.79 Å². The molecule has 2 heterocycles. The first kappa shape index (κ1) is 10.5. The van der Waals surface area contributed by atoms with Gasteiger partial charge in [-0.25, -0.2) is 4.98 Å². The highest BCUT2D eigenvalue weighted by Gasteiger charge is 2.09. The van der Waals surface area contributed by atoms with Crippen LogP contribution in [0.4, 0.5) is 11.5 Å². The monoisotopic (exact) mass is 235 g/mol. The van der Waals surface area contributed by atoms with E-state index in [2.05, 4.69) is 19.9 Å². The van der Waals surface area contributed by atoms with Crippen molar-refractivity contribution in [3.05, 3.63) is 28.9 Å². The lowest BCUT2D eigenvalue weighted by Gasteiger charge is -2.04. The number of nitrogens with one attached hydrogen (secondary N) is 1. The van der Waals surface area contributed by atoms with Crippen LogP contribution in [0.3, 0.4) is 0 Å². The number of nitrogens with two attached hydrogens (primary N) is 1. The second-order valence-electron chi connectivity index (χ2n) is 3.17. The van der Waals surface area contributed by atoms with E-state index in [1.807, 2.05) is 6.92 Å². The van der Waals surface area contributed by atoms with Crippen LogP contribution < -0.4 is 11.1 Å². The molecule has 2 aromatic heterocycles. The Labute approximate surface area is 95.7 Å². The smallest absolute Gasteiger partial charge is 0.278 e. The molecule has 1 amide bonds. The number of aryl methyl sites for hydroxylation is 1. The number of pyridine rings is 1. The van der Waals surface area contributed by atoms with E-state index in [1.54, 1.807) is 11.4 Å². The molecule has 0 aliphatic rings. The number of amides is 1. The summed E-state index contributed by atoms with van der Waals surface area (Å²) in [6.45, 7) is 1.84. The van der Waals surface area contributed by atoms with Gasteiger partial charge >= 0.3 is 0 Å². The molecular weight excluding hydrogens is 226 g/mol. The highest BCUT2D eigenvalue weighted by Crippen LogP contribution is 2.13. The Hall–Kier alpha value is -2.02. The molecule has 0 bridgehead atoms. The fourth-order valence-corrected chi connectivity index (χ4v) is 1.52. The summed E-state index contributed by atoms with van der Waals surface area (Å²) < 4.78 is 3.61. The molecule has 6 nitrogen and oxygen atoms in total. The highest BCUT2D eigenvalue weighted by atomic mass is 32.1. The predicted molar refractivity (Wildman–Crippen MR) is 61.2 cm³/mol. The normalized spacial score (nSPS) is 10.1. The second kappa shape index (κ2) is 4.23. The fourth-order valence-electron chi connectivity index (χ4n) is 1.08. The lowest BCUT2D eigenvalue weighted by atomic mass is 10.2. The number of nitrogens with zero attached hydrogens (tertiary/aromatic N) is 3. The summed E-state index contributed by atoms with van der Waals surface area (Å²) >= 11 is 1.12. The number of nitrogen functional groups attached to an aromatic ring is 1. The lowest BCUT2D eigenvalue weighted by molar-refractivity contribution is 0.102. The highest BCUT2D eigenvalue weighted by molar-refractivity contribution is 7.03. The minimum atomic E-state index is -0.328. The molecule has 82 valence electrons. The van der Waals surface area contributed by atoms with Crippen LogP contribution in [-0.2, 0) is 0 Å². The van der Waals surface area contributed by atoms with E-state index in [4.69, 9.17) is 5.73 Å². The molecule has 0 saturated heterocycles. The molecule has 0 saturated carbocycles. The van der Waals surface area contributed by atoms with Crippen molar-refractivity contribution in [2.24, 2.45) is 0 Å². The third-order valence-corrected chi connectivity index (χ3v) is 2.49. The molecule has 0 atom stereocenters. The Morgan fingerprint density at radius 2 is 2.38 bits per heavy atom. The maximum absolute atomic E-state index is 11.6. The van der Waals surface area contributed by atoms with Gasteiger partial charge in [-0.3, -0.25) is 4.79 Å². The molecule has 16 heavy (non-hydrogen) atoms. The summed E-state index contributed by atoms with van der Waals surface area (Å²) in [6.07, 6.45) is 1.50. The fraction of sp³-hybridized carbons (Fsp3) is 0.111. The molecule has 3 N–H and O–H groups in total. The molecule has 7 heteroatoms. The van der Waals surface area contributed by atoms with Gasteiger partial charge in [0.05, 0.1) is 11.9 Å². The van der Waals surface area contributed by atoms with Gasteiger partial charge in [0.15, 0.2) is 5.69 Å². The third kappa shape index (κ3) is 2.14. The number of rotatable bonds is 2. The van der Waals surface area contributed by atoms with Gasteiger partial charge in [-0.05, 0) is 30.1 Å². The van der Waals surface area contributed by atoms with E-state index >= 15 is 0 Å². The summed E-state index contributed by atoms with van der Waals surface area (Å²) in [6, 6.07) is 1.70.